The van der Waals surface area contributed by atoms with Crippen LogP contribution in [0, 0.1) is 17.8 Å². The van der Waals surface area contributed by atoms with Gasteiger partial charge in [-0.2, -0.15) is 0 Å². The molecule has 4 rings (SSSR count). The third-order valence-electron chi connectivity index (χ3n) is 5.95. The summed E-state index contributed by atoms with van der Waals surface area (Å²) in [5.74, 6) is 3.91. The minimum Gasteiger partial charge on any atom is -0.497 e. The van der Waals surface area contributed by atoms with Crippen LogP contribution < -0.4 is 10.3 Å². The highest BCUT2D eigenvalue weighted by Crippen LogP contribution is 2.56. The Labute approximate surface area is 142 Å². The molecule has 2 fully saturated rings. The Hall–Kier alpha value is -1.84. The Balaban J connectivity index is 1.30. The number of rotatable bonds is 7. The van der Waals surface area contributed by atoms with Crippen LogP contribution in [0.4, 0.5) is 0 Å². The molecule has 0 aliphatic heterocycles. The zero-order valence-corrected chi connectivity index (χ0v) is 14.4. The summed E-state index contributed by atoms with van der Waals surface area (Å²) in [5.41, 5.74) is 2.17. The molecule has 0 bridgehead atoms. The van der Waals surface area contributed by atoms with Crippen molar-refractivity contribution in [2.75, 3.05) is 7.11 Å². The fourth-order valence-corrected chi connectivity index (χ4v) is 4.46. The van der Waals surface area contributed by atoms with E-state index in [1.54, 1.807) is 7.11 Å². The van der Waals surface area contributed by atoms with Crippen molar-refractivity contribution in [2.45, 2.75) is 51.4 Å². The first-order valence-corrected chi connectivity index (χ1v) is 9.31. The molecule has 2 saturated carbocycles. The van der Waals surface area contributed by atoms with Crippen LogP contribution in [0.5, 0.6) is 5.75 Å². The molecule has 1 aromatic heterocycles. The number of H-pyrrole nitrogens is 1. The van der Waals surface area contributed by atoms with Gasteiger partial charge in [-0.25, -0.2) is 4.98 Å². The van der Waals surface area contributed by atoms with Crippen LogP contribution >= 0.6 is 0 Å². The van der Waals surface area contributed by atoms with Crippen molar-refractivity contribution in [2.24, 2.45) is 17.8 Å². The van der Waals surface area contributed by atoms with Crippen molar-refractivity contribution in [1.82, 2.24) is 9.97 Å². The summed E-state index contributed by atoms with van der Waals surface area (Å²) < 4.78 is 5.19. The van der Waals surface area contributed by atoms with E-state index in [-0.39, 0.29) is 5.56 Å². The third-order valence-corrected chi connectivity index (χ3v) is 5.95. The SMILES string of the molecule is COc1ccc2nc(CCCCCC3CCC4CC34)c(=O)[nH]c2c1. The van der Waals surface area contributed by atoms with Gasteiger partial charge in [0, 0.05) is 6.07 Å². The van der Waals surface area contributed by atoms with Gasteiger partial charge < -0.3 is 9.72 Å². The molecule has 24 heavy (non-hydrogen) atoms. The monoisotopic (exact) mass is 326 g/mol. The first-order valence-electron chi connectivity index (χ1n) is 9.31. The van der Waals surface area contributed by atoms with Gasteiger partial charge in [0.15, 0.2) is 0 Å². The average Bonchev–Trinajstić information content (AvgIpc) is 3.27. The number of aromatic amines is 1. The molecule has 0 radical (unpaired) electrons. The number of methoxy groups -OCH3 is 1. The van der Waals surface area contributed by atoms with Crippen LogP contribution in [0.3, 0.4) is 0 Å². The molecule has 2 aliphatic rings. The minimum absolute atomic E-state index is 0.0626. The molecule has 1 heterocycles. The molecule has 4 heteroatoms. The van der Waals surface area contributed by atoms with Crippen molar-refractivity contribution in [3.63, 3.8) is 0 Å². The molecule has 1 aromatic carbocycles. The zero-order valence-electron chi connectivity index (χ0n) is 14.4. The van der Waals surface area contributed by atoms with E-state index in [1.807, 2.05) is 18.2 Å². The van der Waals surface area contributed by atoms with E-state index in [0.717, 1.165) is 47.4 Å². The Bertz CT molecular complexity index is 783. The lowest BCUT2D eigenvalue weighted by atomic mass is 9.96. The standard InChI is InChI=1S/C20H26N2O2/c1-24-15-9-10-17-19(12-15)22-20(23)18(21-17)6-4-2-3-5-13-7-8-14-11-16(13)14/h9-10,12-14,16H,2-8,11H2,1H3,(H,22,23). The maximum atomic E-state index is 12.2. The predicted octanol–water partition coefficient (Wildman–Crippen LogP) is 4.08. The molecule has 2 aliphatic carbocycles. The molecule has 0 saturated heterocycles. The number of hydrogen-bond acceptors (Lipinski definition) is 3. The van der Waals surface area contributed by atoms with Crippen LogP contribution in [0.15, 0.2) is 23.0 Å². The second-order valence-electron chi connectivity index (χ2n) is 7.49. The minimum atomic E-state index is -0.0626. The van der Waals surface area contributed by atoms with Gasteiger partial charge in [-0.05, 0) is 62.0 Å². The summed E-state index contributed by atoms with van der Waals surface area (Å²) in [5, 5.41) is 0. The number of nitrogens with zero attached hydrogens (tertiary/aromatic N) is 1. The van der Waals surface area contributed by atoms with E-state index in [1.165, 1.54) is 38.5 Å². The van der Waals surface area contributed by atoms with E-state index in [4.69, 9.17) is 4.74 Å². The zero-order chi connectivity index (χ0) is 16.5. The second-order valence-corrected chi connectivity index (χ2v) is 7.49. The fourth-order valence-electron chi connectivity index (χ4n) is 4.46. The van der Waals surface area contributed by atoms with Crippen LogP contribution in [-0.4, -0.2) is 17.1 Å². The predicted molar refractivity (Wildman–Crippen MR) is 95.4 cm³/mol. The summed E-state index contributed by atoms with van der Waals surface area (Å²) in [4.78, 5) is 19.7. The molecule has 0 amide bonds. The number of ether oxygens (including phenoxy) is 1. The van der Waals surface area contributed by atoms with Gasteiger partial charge in [0.25, 0.3) is 5.56 Å². The second kappa shape index (κ2) is 6.58. The molecule has 3 atom stereocenters. The number of hydrogen-bond donors (Lipinski definition) is 1. The molecule has 3 unspecified atom stereocenters. The summed E-state index contributed by atoms with van der Waals surface area (Å²) in [6.07, 6.45) is 10.2. The lowest BCUT2D eigenvalue weighted by molar-refractivity contribution is 0.415. The highest BCUT2D eigenvalue weighted by atomic mass is 16.5. The molecule has 2 aromatic rings. The molecular weight excluding hydrogens is 300 g/mol. The summed E-state index contributed by atoms with van der Waals surface area (Å²) >= 11 is 0. The highest BCUT2D eigenvalue weighted by Gasteiger charge is 2.47. The molecule has 1 N–H and O–H groups in total. The lowest BCUT2D eigenvalue weighted by Gasteiger charge is -2.10. The highest BCUT2D eigenvalue weighted by molar-refractivity contribution is 5.75. The normalized spacial score (nSPS) is 25.0. The van der Waals surface area contributed by atoms with Crippen molar-refractivity contribution >= 4 is 11.0 Å². The van der Waals surface area contributed by atoms with Crippen molar-refractivity contribution in [3.8, 4) is 5.75 Å². The maximum absolute atomic E-state index is 12.2. The largest absolute Gasteiger partial charge is 0.497 e. The maximum Gasteiger partial charge on any atom is 0.270 e. The lowest BCUT2D eigenvalue weighted by Crippen LogP contribution is -2.15. The van der Waals surface area contributed by atoms with Crippen LogP contribution in [0.25, 0.3) is 11.0 Å². The number of nitrogens with one attached hydrogen (secondary N) is 1. The topological polar surface area (TPSA) is 55.0 Å². The van der Waals surface area contributed by atoms with Gasteiger partial charge in [-0.15, -0.1) is 0 Å². The van der Waals surface area contributed by atoms with Crippen molar-refractivity contribution in [3.05, 3.63) is 34.2 Å². The van der Waals surface area contributed by atoms with Crippen molar-refractivity contribution in [1.29, 1.82) is 0 Å². The molecule has 128 valence electrons. The van der Waals surface area contributed by atoms with Gasteiger partial charge in [-0.3, -0.25) is 4.79 Å². The van der Waals surface area contributed by atoms with Crippen LogP contribution in [0.2, 0.25) is 0 Å². The first kappa shape index (κ1) is 15.7. The fraction of sp³-hybridized carbons (Fsp3) is 0.600. The third kappa shape index (κ3) is 3.19. The van der Waals surface area contributed by atoms with Crippen LogP contribution in [0.1, 0.15) is 50.6 Å². The van der Waals surface area contributed by atoms with Crippen LogP contribution in [-0.2, 0) is 6.42 Å². The van der Waals surface area contributed by atoms with Crippen molar-refractivity contribution < 1.29 is 4.74 Å². The average molecular weight is 326 g/mol. The van der Waals surface area contributed by atoms with Gasteiger partial charge in [0.05, 0.1) is 18.1 Å². The van der Waals surface area contributed by atoms with E-state index in [9.17, 15) is 4.79 Å². The van der Waals surface area contributed by atoms with E-state index < -0.39 is 0 Å². The molecular formula is C20H26N2O2. The summed E-state index contributed by atoms with van der Waals surface area (Å²) in [7, 11) is 1.62. The van der Waals surface area contributed by atoms with E-state index in [2.05, 4.69) is 9.97 Å². The van der Waals surface area contributed by atoms with Gasteiger partial charge in [0.2, 0.25) is 0 Å². The Morgan fingerprint density at radius 1 is 1.25 bits per heavy atom. The van der Waals surface area contributed by atoms with E-state index in [0.29, 0.717) is 5.69 Å². The number of aromatic nitrogens is 2. The molecule has 0 spiro atoms. The Kier molecular flexibility index (Phi) is 4.30. The number of unbranched alkanes of at least 4 members (excludes halogenated alkanes) is 2. The Morgan fingerprint density at radius 2 is 2.17 bits per heavy atom. The number of fused-ring (bicyclic) bond motifs is 2. The quantitative estimate of drug-likeness (QED) is 0.780. The number of aryl methyl sites for hydroxylation is 1. The summed E-state index contributed by atoms with van der Waals surface area (Å²) in [6.45, 7) is 0. The smallest absolute Gasteiger partial charge is 0.270 e. The van der Waals surface area contributed by atoms with Gasteiger partial charge >= 0.3 is 0 Å². The number of benzene rings is 1. The first-order chi connectivity index (χ1) is 11.7. The summed E-state index contributed by atoms with van der Waals surface area (Å²) in [6, 6.07) is 5.60. The van der Waals surface area contributed by atoms with E-state index >= 15 is 0 Å². The van der Waals surface area contributed by atoms with Gasteiger partial charge in [0.1, 0.15) is 11.4 Å². The molecule has 4 nitrogen and oxygen atoms in total. The Morgan fingerprint density at radius 3 is 2.92 bits per heavy atom. The van der Waals surface area contributed by atoms with Gasteiger partial charge in [-0.1, -0.05) is 19.3 Å².